The minimum absolute atomic E-state index is 0.593. The topological polar surface area (TPSA) is 21.3 Å². The summed E-state index contributed by atoms with van der Waals surface area (Å²) in [5.41, 5.74) is 2.33. The number of ether oxygens (including phenoxy) is 1. The lowest BCUT2D eigenvalue weighted by Crippen LogP contribution is -2.07. The second-order valence-corrected chi connectivity index (χ2v) is 6.36. The molecule has 0 spiro atoms. The predicted molar refractivity (Wildman–Crippen MR) is 90.4 cm³/mol. The van der Waals surface area contributed by atoms with Gasteiger partial charge >= 0.3 is 0 Å². The number of halogens is 2. The fraction of sp³-hybridized carbons (Fsp3) is 0.200. The van der Waals surface area contributed by atoms with E-state index >= 15 is 0 Å². The Labute approximate surface area is 135 Å². The van der Waals surface area contributed by atoms with Crippen LogP contribution >= 0.6 is 38.5 Å². The molecule has 2 rings (SSSR count). The summed E-state index contributed by atoms with van der Waals surface area (Å²) in [6, 6.07) is 14.5. The zero-order chi connectivity index (χ0) is 13.7. The molecule has 0 atom stereocenters. The van der Waals surface area contributed by atoms with Gasteiger partial charge in [-0.1, -0.05) is 28.1 Å². The van der Waals surface area contributed by atoms with Crippen molar-refractivity contribution in [3.8, 4) is 5.75 Å². The van der Waals surface area contributed by atoms with E-state index in [9.17, 15) is 0 Å². The molecule has 0 unspecified atom stereocenters. The number of hydrogen-bond donors (Lipinski definition) is 1. The maximum Gasteiger partial charge on any atom is 0.124 e. The van der Waals surface area contributed by atoms with Gasteiger partial charge in [-0.25, -0.2) is 0 Å². The van der Waals surface area contributed by atoms with Crippen LogP contribution in [0.5, 0.6) is 5.75 Å². The van der Waals surface area contributed by atoms with E-state index in [-0.39, 0.29) is 0 Å². The fourth-order valence-corrected chi connectivity index (χ4v) is 2.53. The van der Waals surface area contributed by atoms with Crippen molar-refractivity contribution in [2.24, 2.45) is 0 Å². The van der Waals surface area contributed by atoms with E-state index < -0.39 is 0 Å². The zero-order valence-electron chi connectivity index (χ0n) is 10.6. The molecular formula is C15H15BrINO. The molecule has 0 aromatic heterocycles. The van der Waals surface area contributed by atoms with Crippen LogP contribution in [0.1, 0.15) is 11.1 Å². The van der Waals surface area contributed by atoms with Crippen LogP contribution in [0.4, 0.5) is 0 Å². The van der Waals surface area contributed by atoms with E-state index in [1.165, 1.54) is 9.13 Å². The molecule has 0 saturated carbocycles. The molecule has 0 saturated heterocycles. The molecule has 0 amide bonds. The van der Waals surface area contributed by atoms with Crippen molar-refractivity contribution in [3.63, 3.8) is 0 Å². The van der Waals surface area contributed by atoms with Gasteiger partial charge in [0.05, 0.1) is 0 Å². The van der Waals surface area contributed by atoms with Crippen LogP contribution in [-0.4, -0.2) is 7.05 Å². The summed E-state index contributed by atoms with van der Waals surface area (Å²) in [5.74, 6) is 0.927. The Balaban J connectivity index is 2.08. The Morgan fingerprint density at radius 3 is 2.58 bits per heavy atom. The molecule has 100 valence electrons. The number of nitrogens with one attached hydrogen (secondary N) is 1. The Morgan fingerprint density at radius 2 is 1.89 bits per heavy atom. The Hall–Kier alpha value is -0.590. The third kappa shape index (κ3) is 4.47. The lowest BCUT2D eigenvalue weighted by atomic mass is 10.2. The van der Waals surface area contributed by atoms with Crippen LogP contribution in [0.2, 0.25) is 0 Å². The van der Waals surface area contributed by atoms with Gasteiger partial charge in [-0.3, -0.25) is 0 Å². The molecule has 19 heavy (non-hydrogen) atoms. The van der Waals surface area contributed by atoms with Gasteiger partial charge in [0, 0.05) is 20.2 Å². The second kappa shape index (κ2) is 7.26. The maximum atomic E-state index is 5.91. The van der Waals surface area contributed by atoms with Crippen molar-refractivity contribution < 1.29 is 4.74 Å². The molecule has 0 fully saturated rings. The lowest BCUT2D eigenvalue weighted by molar-refractivity contribution is 0.302. The van der Waals surface area contributed by atoms with Gasteiger partial charge in [-0.2, -0.15) is 0 Å². The van der Waals surface area contributed by atoms with Crippen LogP contribution in [0.15, 0.2) is 46.9 Å². The summed E-state index contributed by atoms with van der Waals surface area (Å²) in [7, 11) is 1.93. The maximum absolute atomic E-state index is 5.91. The highest BCUT2D eigenvalue weighted by molar-refractivity contribution is 14.1. The molecule has 0 heterocycles. The minimum atomic E-state index is 0.593. The summed E-state index contributed by atoms with van der Waals surface area (Å²) in [4.78, 5) is 0. The summed E-state index contributed by atoms with van der Waals surface area (Å²) in [6.45, 7) is 1.39. The summed E-state index contributed by atoms with van der Waals surface area (Å²) < 4.78 is 8.21. The third-order valence-corrected chi connectivity index (χ3v) is 3.91. The highest BCUT2D eigenvalue weighted by atomic mass is 127. The monoisotopic (exact) mass is 431 g/mol. The SMILES string of the molecule is CNCc1cc(Br)ccc1OCc1ccc(I)cc1. The molecule has 0 radical (unpaired) electrons. The first-order valence-electron chi connectivity index (χ1n) is 5.99. The summed E-state index contributed by atoms with van der Waals surface area (Å²) in [5, 5.41) is 3.16. The van der Waals surface area contributed by atoms with Gasteiger partial charge in [0.2, 0.25) is 0 Å². The van der Waals surface area contributed by atoms with E-state index in [2.05, 4.69) is 74.2 Å². The van der Waals surface area contributed by atoms with E-state index in [0.717, 1.165) is 22.3 Å². The van der Waals surface area contributed by atoms with Gasteiger partial charge in [0.1, 0.15) is 12.4 Å². The van der Waals surface area contributed by atoms with E-state index in [4.69, 9.17) is 4.74 Å². The molecule has 0 bridgehead atoms. The molecular weight excluding hydrogens is 417 g/mol. The fourth-order valence-electron chi connectivity index (χ4n) is 1.76. The van der Waals surface area contributed by atoms with Crippen LogP contribution in [0.25, 0.3) is 0 Å². The van der Waals surface area contributed by atoms with Crippen molar-refractivity contribution in [1.29, 1.82) is 0 Å². The Bertz CT molecular complexity index is 542. The molecule has 0 aliphatic heterocycles. The Morgan fingerprint density at radius 1 is 1.16 bits per heavy atom. The van der Waals surface area contributed by atoms with Gasteiger partial charge in [0.15, 0.2) is 0 Å². The Kier molecular flexibility index (Phi) is 5.66. The first-order valence-corrected chi connectivity index (χ1v) is 7.86. The van der Waals surface area contributed by atoms with Crippen molar-refractivity contribution in [2.45, 2.75) is 13.2 Å². The highest BCUT2D eigenvalue weighted by Crippen LogP contribution is 2.24. The summed E-state index contributed by atoms with van der Waals surface area (Å²) >= 11 is 5.79. The van der Waals surface area contributed by atoms with Crippen LogP contribution in [-0.2, 0) is 13.2 Å². The van der Waals surface area contributed by atoms with Crippen molar-refractivity contribution in [2.75, 3.05) is 7.05 Å². The molecule has 0 aliphatic carbocycles. The lowest BCUT2D eigenvalue weighted by Gasteiger charge is -2.12. The zero-order valence-corrected chi connectivity index (χ0v) is 14.4. The number of rotatable bonds is 5. The van der Waals surface area contributed by atoms with Crippen LogP contribution in [0.3, 0.4) is 0 Å². The third-order valence-electron chi connectivity index (χ3n) is 2.70. The van der Waals surface area contributed by atoms with E-state index in [0.29, 0.717) is 6.61 Å². The predicted octanol–water partition coefficient (Wildman–Crippen LogP) is 4.35. The van der Waals surface area contributed by atoms with Gasteiger partial charge < -0.3 is 10.1 Å². The van der Waals surface area contributed by atoms with Gasteiger partial charge in [-0.05, 0) is 65.5 Å². The highest BCUT2D eigenvalue weighted by Gasteiger charge is 2.04. The minimum Gasteiger partial charge on any atom is -0.489 e. The average Bonchev–Trinajstić information content (AvgIpc) is 2.40. The average molecular weight is 432 g/mol. The first-order chi connectivity index (χ1) is 9.19. The van der Waals surface area contributed by atoms with Gasteiger partial charge in [0.25, 0.3) is 0 Å². The molecule has 4 heteroatoms. The van der Waals surface area contributed by atoms with E-state index in [1.807, 2.05) is 19.2 Å². The summed E-state index contributed by atoms with van der Waals surface area (Å²) in [6.07, 6.45) is 0. The van der Waals surface area contributed by atoms with Gasteiger partial charge in [-0.15, -0.1) is 0 Å². The molecule has 2 aromatic rings. The van der Waals surface area contributed by atoms with Crippen molar-refractivity contribution in [3.05, 3.63) is 61.6 Å². The first kappa shape index (κ1) is 14.8. The van der Waals surface area contributed by atoms with Crippen LogP contribution in [0, 0.1) is 3.57 Å². The van der Waals surface area contributed by atoms with Crippen molar-refractivity contribution >= 4 is 38.5 Å². The molecule has 2 aromatic carbocycles. The van der Waals surface area contributed by atoms with Crippen molar-refractivity contribution in [1.82, 2.24) is 5.32 Å². The molecule has 2 nitrogen and oxygen atoms in total. The molecule has 1 N–H and O–H groups in total. The number of benzene rings is 2. The van der Waals surface area contributed by atoms with Crippen LogP contribution < -0.4 is 10.1 Å². The quantitative estimate of drug-likeness (QED) is 0.710. The largest absolute Gasteiger partial charge is 0.489 e. The normalized spacial score (nSPS) is 10.5. The standard InChI is InChI=1S/C15H15BrINO/c1-18-9-12-8-13(16)4-7-15(12)19-10-11-2-5-14(17)6-3-11/h2-8,18H,9-10H2,1H3. The smallest absolute Gasteiger partial charge is 0.124 e. The molecule has 0 aliphatic rings. The van der Waals surface area contributed by atoms with E-state index in [1.54, 1.807) is 0 Å². The number of hydrogen-bond acceptors (Lipinski definition) is 2. The second-order valence-electron chi connectivity index (χ2n) is 4.20.